The molecule has 1 heterocycles. The van der Waals surface area contributed by atoms with E-state index < -0.39 is 11.8 Å². The maximum absolute atomic E-state index is 12.6. The van der Waals surface area contributed by atoms with E-state index in [0.717, 1.165) is 12.4 Å². The fourth-order valence-corrected chi connectivity index (χ4v) is 0.943. The van der Waals surface area contributed by atoms with Gasteiger partial charge in [0, 0.05) is 6.20 Å². The molecule has 0 bridgehead atoms. The van der Waals surface area contributed by atoms with Crippen LogP contribution in [0.3, 0.4) is 0 Å². The number of hydrogen-bond donors (Lipinski definition) is 1. The molecular formula is C6H3BrFNO2. The number of carbonyl (C=O) groups is 1. The Kier molecular flexibility index (Phi) is 2.19. The Bertz CT molecular complexity index is 303. The number of aromatic nitrogens is 1. The highest BCUT2D eigenvalue weighted by molar-refractivity contribution is 9.10. The zero-order valence-corrected chi connectivity index (χ0v) is 6.80. The molecule has 3 nitrogen and oxygen atoms in total. The third-order valence-electron chi connectivity index (χ3n) is 1.07. The Labute approximate surface area is 70.0 Å². The monoisotopic (exact) mass is 219 g/mol. The molecule has 0 radical (unpaired) electrons. The molecule has 1 aromatic heterocycles. The molecule has 0 saturated carbocycles. The van der Waals surface area contributed by atoms with Crippen LogP contribution in [-0.4, -0.2) is 16.1 Å². The normalized spacial score (nSPS) is 9.64. The third-order valence-corrected chi connectivity index (χ3v) is 1.87. The van der Waals surface area contributed by atoms with Crippen molar-refractivity contribution in [2.24, 2.45) is 0 Å². The summed E-state index contributed by atoms with van der Waals surface area (Å²) in [6.45, 7) is 0. The minimum Gasteiger partial charge on any atom is -0.478 e. The number of carboxylic acid groups (broad SMARTS) is 1. The fraction of sp³-hybridized carbons (Fsp3) is 0. The maximum Gasteiger partial charge on any atom is 0.338 e. The van der Waals surface area contributed by atoms with E-state index in [2.05, 4.69) is 20.9 Å². The number of carboxylic acids is 1. The molecule has 1 rings (SSSR count). The molecule has 0 aliphatic rings. The molecule has 1 aromatic rings. The lowest BCUT2D eigenvalue weighted by Crippen LogP contribution is -1.99. The molecular weight excluding hydrogens is 217 g/mol. The van der Waals surface area contributed by atoms with Gasteiger partial charge in [0.2, 0.25) is 0 Å². The number of rotatable bonds is 1. The number of pyridine rings is 1. The smallest absolute Gasteiger partial charge is 0.338 e. The summed E-state index contributed by atoms with van der Waals surface area (Å²) in [7, 11) is 0. The molecule has 0 aromatic carbocycles. The Morgan fingerprint density at radius 3 is 2.73 bits per heavy atom. The number of hydrogen-bond acceptors (Lipinski definition) is 2. The van der Waals surface area contributed by atoms with Gasteiger partial charge in [-0.2, -0.15) is 0 Å². The Balaban J connectivity index is 3.27. The van der Waals surface area contributed by atoms with Gasteiger partial charge < -0.3 is 5.11 Å². The lowest BCUT2D eigenvalue weighted by Gasteiger charge is -1.96. The van der Waals surface area contributed by atoms with Crippen LogP contribution in [0.2, 0.25) is 0 Å². The van der Waals surface area contributed by atoms with Gasteiger partial charge >= 0.3 is 5.97 Å². The standard InChI is InChI=1S/C6H3BrFNO2/c7-5-3(6(10)11)1-9-2-4(5)8/h1-2H,(H,10,11). The van der Waals surface area contributed by atoms with Crippen molar-refractivity contribution in [1.82, 2.24) is 4.98 Å². The van der Waals surface area contributed by atoms with E-state index in [1.807, 2.05) is 0 Å². The van der Waals surface area contributed by atoms with Gasteiger partial charge in [-0.25, -0.2) is 9.18 Å². The predicted octanol–water partition coefficient (Wildman–Crippen LogP) is 1.68. The summed E-state index contributed by atoms with van der Waals surface area (Å²) in [4.78, 5) is 13.7. The van der Waals surface area contributed by atoms with Gasteiger partial charge in [-0.1, -0.05) is 0 Å². The lowest BCUT2D eigenvalue weighted by atomic mass is 10.3. The van der Waals surface area contributed by atoms with Crippen molar-refractivity contribution in [3.63, 3.8) is 0 Å². The van der Waals surface area contributed by atoms with Crippen LogP contribution in [-0.2, 0) is 0 Å². The van der Waals surface area contributed by atoms with E-state index in [-0.39, 0.29) is 10.0 Å². The van der Waals surface area contributed by atoms with Crippen molar-refractivity contribution in [1.29, 1.82) is 0 Å². The van der Waals surface area contributed by atoms with Gasteiger partial charge in [0.05, 0.1) is 16.2 Å². The molecule has 0 saturated heterocycles. The number of halogens is 2. The van der Waals surface area contributed by atoms with E-state index in [1.165, 1.54) is 0 Å². The number of aromatic carboxylic acids is 1. The Hall–Kier alpha value is -0.970. The van der Waals surface area contributed by atoms with Crippen LogP contribution in [0.5, 0.6) is 0 Å². The Morgan fingerprint density at radius 2 is 2.27 bits per heavy atom. The van der Waals surface area contributed by atoms with Gasteiger partial charge in [-0.3, -0.25) is 4.98 Å². The van der Waals surface area contributed by atoms with Gasteiger partial charge in [-0.15, -0.1) is 0 Å². The third kappa shape index (κ3) is 1.54. The quantitative estimate of drug-likeness (QED) is 0.783. The molecule has 58 valence electrons. The van der Waals surface area contributed by atoms with Crippen LogP contribution in [0, 0.1) is 5.82 Å². The summed E-state index contributed by atoms with van der Waals surface area (Å²) < 4.78 is 12.5. The molecule has 11 heavy (non-hydrogen) atoms. The summed E-state index contributed by atoms with van der Waals surface area (Å²) in [5, 5.41) is 8.45. The second-order valence-electron chi connectivity index (χ2n) is 1.79. The van der Waals surface area contributed by atoms with Crippen LogP contribution in [0.15, 0.2) is 16.9 Å². The predicted molar refractivity (Wildman–Crippen MR) is 38.9 cm³/mol. The van der Waals surface area contributed by atoms with Gasteiger partial charge in [-0.05, 0) is 15.9 Å². The first-order valence-corrected chi connectivity index (χ1v) is 3.44. The second-order valence-corrected chi connectivity index (χ2v) is 2.58. The van der Waals surface area contributed by atoms with Gasteiger partial charge in [0.25, 0.3) is 0 Å². The summed E-state index contributed by atoms with van der Waals surface area (Å²) >= 11 is 2.78. The molecule has 0 fully saturated rings. The summed E-state index contributed by atoms with van der Waals surface area (Å²) in [6.07, 6.45) is 2.02. The molecule has 0 aliphatic carbocycles. The summed E-state index contributed by atoms with van der Waals surface area (Å²) in [5.41, 5.74) is -0.176. The van der Waals surface area contributed by atoms with E-state index in [4.69, 9.17) is 5.11 Å². The molecule has 0 amide bonds. The highest BCUT2D eigenvalue weighted by Gasteiger charge is 2.11. The zero-order valence-electron chi connectivity index (χ0n) is 5.21. The second kappa shape index (κ2) is 2.96. The Morgan fingerprint density at radius 1 is 1.64 bits per heavy atom. The van der Waals surface area contributed by atoms with Crippen LogP contribution >= 0.6 is 15.9 Å². The molecule has 5 heteroatoms. The van der Waals surface area contributed by atoms with E-state index in [9.17, 15) is 9.18 Å². The molecule has 0 atom stereocenters. The summed E-state index contributed by atoms with van der Waals surface area (Å²) in [6, 6.07) is 0. The first-order valence-electron chi connectivity index (χ1n) is 2.65. The number of nitrogens with zero attached hydrogens (tertiary/aromatic N) is 1. The van der Waals surface area contributed by atoms with Crippen LogP contribution < -0.4 is 0 Å². The van der Waals surface area contributed by atoms with Gasteiger partial charge in [0.1, 0.15) is 0 Å². The van der Waals surface area contributed by atoms with Crippen molar-refractivity contribution < 1.29 is 14.3 Å². The van der Waals surface area contributed by atoms with Crippen molar-refractivity contribution in [2.45, 2.75) is 0 Å². The van der Waals surface area contributed by atoms with Crippen molar-refractivity contribution >= 4 is 21.9 Å². The average Bonchev–Trinajstić information content (AvgIpc) is 1.94. The fourth-order valence-electron chi connectivity index (χ4n) is 0.568. The molecule has 0 spiro atoms. The van der Waals surface area contributed by atoms with E-state index in [0.29, 0.717) is 0 Å². The minimum absolute atomic E-state index is 0.0694. The highest BCUT2D eigenvalue weighted by atomic mass is 79.9. The van der Waals surface area contributed by atoms with Crippen LogP contribution in [0.25, 0.3) is 0 Å². The molecule has 0 unspecified atom stereocenters. The van der Waals surface area contributed by atoms with Crippen LogP contribution in [0.4, 0.5) is 4.39 Å². The molecule has 1 N–H and O–H groups in total. The van der Waals surface area contributed by atoms with Crippen LogP contribution in [0.1, 0.15) is 10.4 Å². The SMILES string of the molecule is O=C(O)c1cncc(F)c1Br. The minimum atomic E-state index is -1.20. The van der Waals surface area contributed by atoms with Crippen molar-refractivity contribution in [2.75, 3.05) is 0 Å². The average molecular weight is 220 g/mol. The first-order chi connectivity index (χ1) is 5.13. The largest absolute Gasteiger partial charge is 0.478 e. The topological polar surface area (TPSA) is 50.2 Å². The molecule has 0 aliphatic heterocycles. The van der Waals surface area contributed by atoms with Gasteiger partial charge in [0.15, 0.2) is 5.82 Å². The maximum atomic E-state index is 12.6. The van der Waals surface area contributed by atoms with Crippen molar-refractivity contribution in [3.05, 3.63) is 28.2 Å². The summed E-state index contributed by atoms with van der Waals surface area (Å²) in [5.74, 6) is -1.88. The first kappa shape index (κ1) is 8.13. The highest BCUT2D eigenvalue weighted by Crippen LogP contribution is 2.18. The zero-order chi connectivity index (χ0) is 8.43. The van der Waals surface area contributed by atoms with E-state index >= 15 is 0 Å². The lowest BCUT2D eigenvalue weighted by molar-refractivity contribution is 0.0694. The van der Waals surface area contributed by atoms with Crippen molar-refractivity contribution in [3.8, 4) is 0 Å². The van der Waals surface area contributed by atoms with E-state index in [1.54, 1.807) is 0 Å².